The van der Waals surface area contributed by atoms with Crippen LogP contribution in [-0.2, 0) is 0 Å². The molecule has 0 aliphatic heterocycles. The highest BCUT2D eigenvalue weighted by atomic mass is 19.1. The Bertz CT molecular complexity index is 1350. The van der Waals surface area contributed by atoms with Crippen molar-refractivity contribution >= 4 is 22.6 Å². The number of aryl methyl sites for hydroxylation is 1. The standard InChI is InChI=1S/C26H24FN3O3/c1-15-23(24(30-33-15)16-6-5-7-18(27)12-16)25(31)21-14-28-22-13-17(10-11-20(21)22)26(32)29-19-8-3-2-4-9-19/h5-7,10-14,19,28H,2-4,8-9H2,1H3,(H,29,32). The molecule has 4 aromatic rings. The third kappa shape index (κ3) is 4.06. The highest BCUT2D eigenvalue weighted by Crippen LogP contribution is 2.30. The Morgan fingerprint density at radius 3 is 2.73 bits per heavy atom. The topological polar surface area (TPSA) is 88.0 Å². The van der Waals surface area contributed by atoms with Crippen molar-refractivity contribution in [1.29, 1.82) is 0 Å². The van der Waals surface area contributed by atoms with Crippen molar-refractivity contribution in [2.75, 3.05) is 0 Å². The number of ketones is 1. The average molecular weight is 445 g/mol. The molecule has 5 rings (SSSR count). The highest BCUT2D eigenvalue weighted by molar-refractivity contribution is 6.19. The van der Waals surface area contributed by atoms with E-state index in [1.165, 1.54) is 18.6 Å². The number of carbonyl (C=O) groups excluding carboxylic acids is 2. The van der Waals surface area contributed by atoms with Gasteiger partial charge in [0.05, 0.1) is 5.56 Å². The van der Waals surface area contributed by atoms with Gasteiger partial charge in [-0.15, -0.1) is 0 Å². The highest BCUT2D eigenvalue weighted by Gasteiger charge is 2.25. The number of halogens is 1. The molecule has 0 saturated heterocycles. The lowest BCUT2D eigenvalue weighted by Gasteiger charge is -2.22. The molecular weight excluding hydrogens is 421 g/mol. The van der Waals surface area contributed by atoms with Gasteiger partial charge in [-0.25, -0.2) is 4.39 Å². The SMILES string of the molecule is Cc1onc(-c2cccc(F)c2)c1C(=O)c1c[nH]c2cc(C(=O)NC3CCCCC3)ccc12. The first-order chi connectivity index (χ1) is 16.0. The smallest absolute Gasteiger partial charge is 0.251 e. The molecule has 2 aromatic carbocycles. The summed E-state index contributed by atoms with van der Waals surface area (Å²) in [6.45, 7) is 1.66. The first-order valence-electron chi connectivity index (χ1n) is 11.2. The Morgan fingerprint density at radius 2 is 1.94 bits per heavy atom. The lowest BCUT2D eigenvalue weighted by Crippen LogP contribution is -2.36. The van der Waals surface area contributed by atoms with Crippen molar-refractivity contribution in [2.45, 2.75) is 45.1 Å². The van der Waals surface area contributed by atoms with Gasteiger partial charge in [0.15, 0.2) is 0 Å². The monoisotopic (exact) mass is 445 g/mol. The Hall–Kier alpha value is -3.74. The number of rotatable bonds is 5. The van der Waals surface area contributed by atoms with Gasteiger partial charge >= 0.3 is 0 Å². The predicted molar refractivity (Wildman–Crippen MR) is 123 cm³/mol. The summed E-state index contributed by atoms with van der Waals surface area (Å²) in [4.78, 5) is 29.3. The summed E-state index contributed by atoms with van der Waals surface area (Å²) in [5.74, 6) is -0.442. The number of amides is 1. The maximum atomic E-state index is 13.7. The van der Waals surface area contributed by atoms with Crippen LogP contribution in [0.1, 0.15) is 64.1 Å². The van der Waals surface area contributed by atoms with Gasteiger partial charge in [0, 0.05) is 39.8 Å². The molecule has 2 aromatic heterocycles. The van der Waals surface area contributed by atoms with E-state index in [2.05, 4.69) is 15.5 Å². The van der Waals surface area contributed by atoms with Crippen LogP contribution < -0.4 is 5.32 Å². The van der Waals surface area contributed by atoms with Crippen molar-refractivity contribution in [3.8, 4) is 11.3 Å². The van der Waals surface area contributed by atoms with Crippen molar-refractivity contribution < 1.29 is 18.5 Å². The fourth-order valence-electron chi connectivity index (χ4n) is 4.58. The van der Waals surface area contributed by atoms with E-state index in [1.54, 1.807) is 43.5 Å². The molecular formula is C26H24FN3O3. The van der Waals surface area contributed by atoms with Gasteiger partial charge in [-0.3, -0.25) is 9.59 Å². The fraction of sp³-hybridized carbons (Fsp3) is 0.269. The second-order valence-corrected chi connectivity index (χ2v) is 8.57. The van der Waals surface area contributed by atoms with E-state index in [1.807, 2.05) is 0 Å². The zero-order valence-corrected chi connectivity index (χ0v) is 18.3. The van der Waals surface area contributed by atoms with E-state index in [9.17, 15) is 14.0 Å². The van der Waals surface area contributed by atoms with Gasteiger partial charge in [0.2, 0.25) is 5.78 Å². The third-order valence-corrected chi connectivity index (χ3v) is 6.32. The van der Waals surface area contributed by atoms with Gasteiger partial charge in [0.25, 0.3) is 5.91 Å². The zero-order valence-electron chi connectivity index (χ0n) is 18.3. The van der Waals surface area contributed by atoms with E-state index in [0.29, 0.717) is 44.6 Å². The Kier molecular flexibility index (Phi) is 5.54. The molecule has 168 valence electrons. The minimum Gasteiger partial charge on any atom is -0.360 e. The number of hydrogen-bond donors (Lipinski definition) is 2. The quantitative estimate of drug-likeness (QED) is 0.394. The Balaban J connectivity index is 1.45. The molecule has 0 spiro atoms. The summed E-state index contributed by atoms with van der Waals surface area (Å²) in [7, 11) is 0. The lowest BCUT2D eigenvalue weighted by atomic mass is 9.95. The van der Waals surface area contributed by atoms with Crippen LogP contribution in [0.3, 0.4) is 0 Å². The molecule has 7 heteroatoms. The van der Waals surface area contributed by atoms with E-state index in [-0.39, 0.29) is 17.7 Å². The summed E-state index contributed by atoms with van der Waals surface area (Å²) >= 11 is 0. The number of carbonyl (C=O) groups is 2. The van der Waals surface area contributed by atoms with Crippen LogP contribution in [0.25, 0.3) is 22.2 Å². The van der Waals surface area contributed by atoms with Crippen LogP contribution in [0.2, 0.25) is 0 Å². The number of nitrogens with zero attached hydrogens (tertiary/aromatic N) is 1. The van der Waals surface area contributed by atoms with Gasteiger partial charge in [-0.1, -0.05) is 42.6 Å². The van der Waals surface area contributed by atoms with E-state index >= 15 is 0 Å². The van der Waals surface area contributed by atoms with Crippen molar-refractivity contribution in [3.63, 3.8) is 0 Å². The van der Waals surface area contributed by atoms with Crippen LogP contribution >= 0.6 is 0 Å². The first-order valence-corrected chi connectivity index (χ1v) is 11.2. The second-order valence-electron chi connectivity index (χ2n) is 8.57. The number of hydrogen-bond acceptors (Lipinski definition) is 4. The molecule has 0 unspecified atom stereocenters. The van der Waals surface area contributed by atoms with Crippen molar-refractivity contribution in [2.24, 2.45) is 0 Å². The molecule has 33 heavy (non-hydrogen) atoms. The lowest BCUT2D eigenvalue weighted by molar-refractivity contribution is 0.0927. The van der Waals surface area contributed by atoms with Crippen LogP contribution in [-0.4, -0.2) is 27.9 Å². The Morgan fingerprint density at radius 1 is 1.12 bits per heavy atom. The van der Waals surface area contributed by atoms with Crippen LogP contribution in [0.15, 0.2) is 53.2 Å². The third-order valence-electron chi connectivity index (χ3n) is 6.32. The van der Waals surface area contributed by atoms with E-state index < -0.39 is 5.82 Å². The molecule has 0 atom stereocenters. The zero-order chi connectivity index (χ0) is 22.9. The molecule has 1 saturated carbocycles. The minimum absolute atomic E-state index is 0.102. The maximum Gasteiger partial charge on any atom is 0.251 e. The summed E-state index contributed by atoms with van der Waals surface area (Å²) in [6, 6.07) is 11.4. The van der Waals surface area contributed by atoms with Gasteiger partial charge in [-0.2, -0.15) is 0 Å². The molecule has 1 aliphatic carbocycles. The van der Waals surface area contributed by atoms with E-state index in [4.69, 9.17) is 4.52 Å². The average Bonchev–Trinajstić information content (AvgIpc) is 3.42. The predicted octanol–water partition coefficient (Wildman–Crippen LogP) is 5.56. The summed E-state index contributed by atoms with van der Waals surface area (Å²) in [5, 5.41) is 7.82. The number of benzene rings is 2. The first kappa shape index (κ1) is 21.1. The van der Waals surface area contributed by atoms with Crippen LogP contribution in [0, 0.1) is 12.7 Å². The number of fused-ring (bicyclic) bond motifs is 1. The molecule has 1 aliphatic rings. The molecule has 2 N–H and O–H groups in total. The van der Waals surface area contributed by atoms with Crippen molar-refractivity contribution in [3.05, 3.63) is 76.9 Å². The van der Waals surface area contributed by atoms with Gasteiger partial charge in [-0.05, 0) is 44.0 Å². The number of aromatic nitrogens is 2. The minimum atomic E-state index is -0.419. The Labute approximate surface area is 190 Å². The summed E-state index contributed by atoms with van der Waals surface area (Å²) in [6.07, 6.45) is 7.17. The molecule has 0 radical (unpaired) electrons. The molecule has 1 fully saturated rings. The summed E-state index contributed by atoms with van der Waals surface area (Å²) < 4.78 is 19.0. The second kappa shape index (κ2) is 8.65. The number of nitrogens with one attached hydrogen (secondary N) is 2. The van der Waals surface area contributed by atoms with Crippen LogP contribution in [0.5, 0.6) is 0 Å². The molecule has 1 amide bonds. The number of H-pyrrole nitrogens is 1. The summed E-state index contributed by atoms with van der Waals surface area (Å²) in [5.41, 5.74) is 2.74. The van der Waals surface area contributed by atoms with Gasteiger partial charge in [0.1, 0.15) is 17.3 Å². The molecule has 0 bridgehead atoms. The molecule has 2 heterocycles. The maximum absolute atomic E-state index is 13.7. The normalized spacial score (nSPS) is 14.5. The van der Waals surface area contributed by atoms with Crippen LogP contribution in [0.4, 0.5) is 4.39 Å². The number of aromatic amines is 1. The van der Waals surface area contributed by atoms with Crippen molar-refractivity contribution in [1.82, 2.24) is 15.5 Å². The van der Waals surface area contributed by atoms with E-state index in [0.717, 1.165) is 25.7 Å². The fourth-order valence-corrected chi connectivity index (χ4v) is 4.58. The molecule has 6 nitrogen and oxygen atoms in total. The van der Waals surface area contributed by atoms with Gasteiger partial charge < -0.3 is 14.8 Å². The largest absolute Gasteiger partial charge is 0.360 e.